The predicted octanol–water partition coefficient (Wildman–Crippen LogP) is 5.02. The van der Waals surface area contributed by atoms with E-state index >= 15 is 0 Å². The molecule has 1 saturated heterocycles. The molecule has 0 saturated carbocycles. The molecule has 166 valence electrons. The molecule has 1 aliphatic heterocycles. The van der Waals surface area contributed by atoms with Crippen LogP contribution in [0, 0.1) is 0 Å². The van der Waals surface area contributed by atoms with E-state index in [0.29, 0.717) is 31.6 Å². The first-order valence-corrected chi connectivity index (χ1v) is 11.6. The van der Waals surface area contributed by atoms with E-state index in [0.717, 1.165) is 11.0 Å². The van der Waals surface area contributed by atoms with Gasteiger partial charge < -0.3 is 15.1 Å². The maximum Gasteiger partial charge on any atom is 0.345 e. The zero-order valence-corrected chi connectivity index (χ0v) is 18.2. The third kappa shape index (κ3) is 5.93. The molecule has 1 aliphatic rings. The zero-order chi connectivity index (χ0) is 22.4. The Balaban J connectivity index is 1.61. The van der Waals surface area contributed by atoms with E-state index in [1.54, 1.807) is 23.1 Å². The van der Waals surface area contributed by atoms with Crippen LogP contribution in [0.25, 0.3) is 0 Å². The number of aryl methyl sites for hydroxylation is 1. The van der Waals surface area contributed by atoms with Crippen molar-refractivity contribution in [3.8, 4) is 0 Å². The van der Waals surface area contributed by atoms with Crippen LogP contribution in [0.1, 0.15) is 33.0 Å². The molecule has 0 bridgehead atoms. The molecule has 1 aromatic carbocycles. The standard InChI is InChI=1S/C22H23F2NO4S2/c23-22(24,15-5-2-1-3-6-15)19(26)11-8-16-12-14-30-21(29)25(16)13-4-7-17-9-10-18(31-17)20(27)28/h1-3,5-6,8-11,16,19,26H,4,7,12-14H2,(H,27,28). The summed E-state index contributed by atoms with van der Waals surface area (Å²) in [4.78, 5) is 26.2. The molecule has 2 unspecified atom stereocenters. The number of rotatable bonds is 9. The number of nitrogens with zero attached hydrogens (tertiary/aromatic N) is 1. The maximum absolute atomic E-state index is 14.5. The van der Waals surface area contributed by atoms with Gasteiger partial charge in [-0.25, -0.2) is 4.79 Å². The van der Waals surface area contributed by atoms with Crippen molar-refractivity contribution in [2.24, 2.45) is 0 Å². The normalized spacial score (nSPS) is 18.5. The number of amides is 1. The van der Waals surface area contributed by atoms with E-state index in [9.17, 15) is 23.5 Å². The van der Waals surface area contributed by atoms with Gasteiger partial charge in [-0.15, -0.1) is 11.3 Å². The molecule has 3 rings (SSSR count). The summed E-state index contributed by atoms with van der Waals surface area (Å²) in [6, 6.07) is 10.1. The Bertz CT molecular complexity index is 933. The summed E-state index contributed by atoms with van der Waals surface area (Å²) in [5, 5.41) is 19.0. The number of thioether (sulfide) groups is 1. The van der Waals surface area contributed by atoms with Crippen LogP contribution in [-0.4, -0.2) is 50.8 Å². The highest BCUT2D eigenvalue weighted by Gasteiger charge is 2.39. The fourth-order valence-electron chi connectivity index (χ4n) is 3.33. The van der Waals surface area contributed by atoms with Crippen LogP contribution in [0.15, 0.2) is 54.6 Å². The molecular formula is C22H23F2NO4S2. The lowest BCUT2D eigenvalue weighted by Gasteiger charge is -2.33. The molecule has 0 aliphatic carbocycles. The van der Waals surface area contributed by atoms with Gasteiger partial charge in [0.25, 0.3) is 5.24 Å². The number of benzene rings is 1. The van der Waals surface area contributed by atoms with Crippen LogP contribution in [0.3, 0.4) is 0 Å². The Labute approximate surface area is 187 Å². The summed E-state index contributed by atoms with van der Waals surface area (Å²) in [6.07, 6.45) is 2.43. The summed E-state index contributed by atoms with van der Waals surface area (Å²) in [5.41, 5.74) is -0.268. The van der Waals surface area contributed by atoms with Crippen molar-refractivity contribution < 1.29 is 28.6 Å². The highest BCUT2D eigenvalue weighted by Crippen LogP contribution is 2.33. The lowest BCUT2D eigenvalue weighted by atomic mass is 10.0. The Morgan fingerprint density at radius 1 is 1.26 bits per heavy atom. The van der Waals surface area contributed by atoms with Crippen molar-refractivity contribution in [1.82, 2.24) is 4.90 Å². The molecule has 2 atom stereocenters. The Morgan fingerprint density at radius 3 is 2.68 bits per heavy atom. The van der Waals surface area contributed by atoms with Gasteiger partial charge in [-0.05, 0) is 31.4 Å². The number of hydrogen-bond acceptors (Lipinski definition) is 5. The van der Waals surface area contributed by atoms with E-state index in [1.807, 2.05) is 0 Å². The molecule has 1 amide bonds. The van der Waals surface area contributed by atoms with Crippen LogP contribution >= 0.6 is 23.1 Å². The average Bonchev–Trinajstić information content (AvgIpc) is 3.23. The molecule has 9 heteroatoms. The number of halogens is 2. The van der Waals surface area contributed by atoms with E-state index in [1.165, 1.54) is 53.4 Å². The van der Waals surface area contributed by atoms with E-state index < -0.39 is 18.0 Å². The molecule has 1 aromatic heterocycles. The van der Waals surface area contributed by atoms with Crippen molar-refractivity contribution in [3.05, 3.63) is 69.9 Å². The molecule has 5 nitrogen and oxygen atoms in total. The minimum absolute atomic E-state index is 0.123. The van der Waals surface area contributed by atoms with Crippen LogP contribution in [0.2, 0.25) is 0 Å². The lowest BCUT2D eigenvalue weighted by molar-refractivity contribution is -0.0929. The van der Waals surface area contributed by atoms with E-state index in [2.05, 4.69) is 0 Å². The summed E-state index contributed by atoms with van der Waals surface area (Å²) in [7, 11) is 0. The maximum atomic E-state index is 14.5. The zero-order valence-electron chi connectivity index (χ0n) is 16.6. The Morgan fingerprint density at radius 2 is 2.00 bits per heavy atom. The van der Waals surface area contributed by atoms with Gasteiger partial charge in [-0.2, -0.15) is 8.78 Å². The number of carboxylic acids is 1. The first kappa shape index (κ1) is 23.4. The molecule has 2 heterocycles. The van der Waals surface area contributed by atoms with Crippen molar-refractivity contribution in [2.45, 2.75) is 37.3 Å². The van der Waals surface area contributed by atoms with Crippen LogP contribution in [0.5, 0.6) is 0 Å². The topological polar surface area (TPSA) is 77.8 Å². The van der Waals surface area contributed by atoms with Crippen LogP contribution < -0.4 is 0 Å². The number of hydrogen-bond donors (Lipinski definition) is 2. The highest BCUT2D eigenvalue weighted by atomic mass is 32.2. The Kier molecular flexibility index (Phi) is 7.85. The Hall–Kier alpha value is -2.23. The van der Waals surface area contributed by atoms with E-state index in [4.69, 9.17) is 5.11 Å². The van der Waals surface area contributed by atoms with Crippen molar-refractivity contribution >= 4 is 34.3 Å². The SMILES string of the molecule is O=C(O)c1ccc(CCCN2C(=O)SCCC2C=CC(O)C(F)(F)c2ccccc2)s1. The molecule has 1 fully saturated rings. The average molecular weight is 468 g/mol. The summed E-state index contributed by atoms with van der Waals surface area (Å²) >= 11 is 2.39. The third-order valence-electron chi connectivity index (χ3n) is 5.01. The molecule has 2 N–H and O–H groups in total. The summed E-state index contributed by atoms with van der Waals surface area (Å²) in [6.45, 7) is 0.423. The molecule has 2 aromatic rings. The lowest BCUT2D eigenvalue weighted by Crippen LogP contribution is -2.42. The van der Waals surface area contributed by atoms with Gasteiger partial charge in [0.1, 0.15) is 11.0 Å². The third-order valence-corrected chi connectivity index (χ3v) is 7.07. The number of aromatic carboxylic acids is 1. The summed E-state index contributed by atoms with van der Waals surface area (Å²) in [5.74, 6) is -3.81. The predicted molar refractivity (Wildman–Crippen MR) is 118 cm³/mol. The second kappa shape index (κ2) is 10.4. The van der Waals surface area contributed by atoms with E-state index in [-0.39, 0.29) is 21.7 Å². The number of thiophene rings is 1. The van der Waals surface area contributed by atoms with Gasteiger partial charge in [0.05, 0.1) is 6.04 Å². The number of carbonyl (C=O) groups is 2. The first-order valence-electron chi connectivity index (χ1n) is 9.84. The van der Waals surface area contributed by atoms with Gasteiger partial charge >= 0.3 is 11.9 Å². The van der Waals surface area contributed by atoms with Crippen LogP contribution in [0.4, 0.5) is 13.6 Å². The number of aliphatic hydroxyl groups is 1. The highest BCUT2D eigenvalue weighted by molar-refractivity contribution is 8.13. The first-order chi connectivity index (χ1) is 14.8. The minimum Gasteiger partial charge on any atom is -0.477 e. The number of alkyl halides is 2. The second-order valence-electron chi connectivity index (χ2n) is 7.16. The second-order valence-corrected chi connectivity index (χ2v) is 9.37. The fraction of sp³-hybridized carbons (Fsp3) is 0.364. The fourth-order valence-corrected chi connectivity index (χ4v) is 5.15. The number of carbonyl (C=O) groups excluding carboxylic acids is 1. The van der Waals surface area contributed by atoms with Gasteiger partial charge in [0, 0.05) is 22.7 Å². The largest absolute Gasteiger partial charge is 0.477 e. The number of aliphatic hydroxyl groups excluding tert-OH is 1. The smallest absolute Gasteiger partial charge is 0.345 e. The molecule has 31 heavy (non-hydrogen) atoms. The van der Waals surface area contributed by atoms with Crippen molar-refractivity contribution in [1.29, 1.82) is 0 Å². The van der Waals surface area contributed by atoms with Gasteiger partial charge in [0.15, 0.2) is 0 Å². The van der Waals surface area contributed by atoms with Gasteiger partial charge in [-0.3, -0.25) is 4.79 Å². The summed E-state index contributed by atoms with van der Waals surface area (Å²) < 4.78 is 29.0. The van der Waals surface area contributed by atoms with Gasteiger partial charge in [0.2, 0.25) is 0 Å². The quantitative estimate of drug-likeness (QED) is 0.507. The van der Waals surface area contributed by atoms with Crippen molar-refractivity contribution in [3.63, 3.8) is 0 Å². The van der Waals surface area contributed by atoms with Crippen molar-refractivity contribution in [2.75, 3.05) is 12.3 Å². The van der Waals surface area contributed by atoms with Crippen LogP contribution in [-0.2, 0) is 12.3 Å². The molecule has 0 radical (unpaired) electrons. The monoisotopic (exact) mass is 467 g/mol. The molecule has 0 spiro atoms. The van der Waals surface area contributed by atoms with Gasteiger partial charge in [-0.1, -0.05) is 54.2 Å². The minimum atomic E-state index is -3.43. The molecular weight excluding hydrogens is 444 g/mol. The number of carboxylic acid groups (broad SMARTS) is 1.